The SMILES string of the molecule is C=C/C(C)=C(\C=C/C)C(/C=C(\C(=C)C)C(=O)NCc1ccc(C)cc1)=NC. The highest BCUT2D eigenvalue weighted by molar-refractivity contribution is 6.15. The van der Waals surface area contributed by atoms with E-state index < -0.39 is 0 Å². The van der Waals surface area contributed by atoms with Crippen molar-refractivity contribution in [2.24, 2.45) is 4.99 Å². The fraction of sp³-hybridized carbons (Fsp3) is 0.250. The Morgan fingerprint density at radius 2 is 1.85 bits per heavy atom. The van der Waals surface area contributed by atoms with Crippen LogP contribution < -0.4 is 5.32 Å². The van der Waals surface area contributed by atoms with Crippen LogP contribution in [0.5, 0.6) is 0 Å². The van der Waals surface area contributed by atoms with Crippen molar-refractivity contribution >= 4 is 11.6 Å². The van der Waals surface area contributed by atoms with Crippen molar-refractivity contribution in [3.05, 3.63) is 95.1 Å². The number of rotatable bonds is 8. The summed E-state index contributed by atoms with van der Waals surface area (Å²) in [7, 11) is 1.71. The summed E-state index contributed by atoms with van der Waals surface area (Å²) < 4.78 is 0. The Balaban J connectivity index is 3.13. The van der Waals surface area contributed by atoms with Crippen LogP contribution in [0.1, 0.15) is 31.9 Å². The van der Waals surface area contributed by atoms with Crippen molar-refractivity contribution in [3.8, 4) is 0 Å². The minimum absolute atomic E-state index is 0.166. The van der Waals surface area contributed by atoms with Crippen LogP contribution in [0.2, 0.25) is 0 Å². The third-order valence-electron chi connectivity index (χ3n) is 4.14. The smallest absolute Gasteiger partial charge is 0.251 e. The average Bonchev–Trinajstić information content (AvgIpc) is 2.66. The van der Waals surface area contributed by atoms with Gasteiger partial charge in [0, 0.05) is 24.7 Å². The summed E-state index contributed by atoms with van der Waals surface area (Å²) in [6, 6.07) is 8.09. The number of benzene rings is 1. The predicted molar refractivity (Wildman–Crippen MR) is 117 cm³/mol. The molecule has 0 aliphatic carbocycles. The van der Waals surface area contributed by atoms with Gasteiger partial charge >= 0.3 is 0 Å². The first kappa shape index (κ1) is 22.1. The molecule has 3 nitrogen and oxygen atoms in total. The number of hydrogen-bond donors (Lipinski definition) is 1. The highest BCUT2D eigenvalue weighted by atomic mass is 16.1. The molecule has 1 aromatic carbocycles. The molecule has 27 heavy (non-hydrogen) atoms. The van der Waals surface area contributed by atoms with Gasteiger partial charge in [0.15, 0.2) is 0 Å². The van der Waals surface area contributed by atoms with Gasteiger partial charge in [0.1, 0.15) is 0 Å². The Labute approximate surface area is 163 Å². The number of hydrogen-bond acceptors (Lipinski definition) is 2. The molecule has 0 atom stereocenters. The van der Waals surface area contributed by atoms with Gasteiger partial charge in [-0.1, -0.05) is 61.2 Å². The van der Waals surface area contributed by atoms with Crippen LogP contribution in [-0.4, -0.2) is 18.7 Å². The van der Waals surface area contributed by atoms with Gasteiger partial charge in [-0.2, -0.15) is 0 Å². The summed E-state index contributed by atoms with van der Waals surface area (Å²) in [5, 5.41) is 2.97. The van der Waals surface area contributed by atoms with E-state index in [1.807, 2.05) is 64.1 Å². The van der Waals surface area contributed by atoms with E-state index >= 15 is 0 Å². The fourth-order valence-corrected chi connectivity index (χ4v) is 2.46. The third-order valence-corrected chi connectivity index (χ3v) is 4.14. The fourth-order valence-electron chi connectivity index (χ4n) is 2.46. The van der Waals surface area contributed by atoms with Gasteiger partial charge in [-0.05, 0) is 50.5 Å². The first-order chi connectivity index (χ1) is 12.8. The minimum Gasteiger partial charge on any atom is -0.348 e. The molecule has 0 aliphatic rings. The largest absolute Gasteiger partial charge is 0.348 e. The molecular formula is C24H30N2O. The lowest BCUT2D eigenvalue weighted by atomic mass is 9.98. The molecule has 0 aromatic heterocycles. The van der Waals surface area contributed by atoms with E-state index in [0.717, 1.165) is 16.7 Å². The van der Waals surface area contributed by atoms with Gasteiger partial charge in [0.05, 0.1) is 5.71 Å². The maximum absolute atomic E-state index is 12.7. The molecule has 1 amide bonds. The minimum atomic E-state index is -0.166. The zero-order valence-corrected chi connectivity index (χ0v) is 17.1. The van der Waals surface area contributed by atoms with Gasteiger partial charge in [0.2, 0.25) is 0 Å². The normalized spacial score (nSPS) is 13.4. The molecule has 142 valence electrons. The van der Waals surface area contributed by atoms with E-state index in [0.29, 0.717) is 23.4 Å². The van der Waals surface area contributed by atoms with Crippen LogP contribution in [0, 0.1) is 6.92 Å². The molecule has 0 bridgehead atoms. The van der Waals surface area contributed by atoms with Crippen molar-refractivity contribution < 1.29 is 4.79 Å². The lowest BCUT2D eigenvalue weighted by Crippen LogP contribution is -2.25. The molecule has 3 heteroatoms. The Bertz CT molecular complexity index is 818. The quantitative estimate of drug-likeness (QED) is 0.382. The Kier molecular flexibility index (Phi) is 8.94. The number of aryl methyl sites for hydroxylation is 1. The van der Waals surface area contributed by atoms with Crippen LogP contribution in [0.25, 0.3) is 0 Å². The molecular weight excluding hydrogens is 332 g/mol. The van der Waals surface area contributed by atoms with Crippen molar-refractivity contribution in [1.82, 2.24) is 5.32 Å². The number of nitrogens with one attached hydrogen (secondary N) is 1. The van der Waals surface area contributed by atoms with Gasteiger partial charge in [0.25, 0.3) is 5.91 Å². The molecule has 0 spiro atoms. The Hall–Kier alpha value is -2.94. The first-order valence-electron chi connectivity index (χ1n) is 8.98. The van der Waals surface area contributed by atoms with Gasteiger partial charge in [-0.15, -0.1) is 0 Å². The molecule has 0 radical (unpaired) electrons. The van der Waals surface area contributed by atoms with Crippen LogP contribution in [-0.2, 0) is 11.3 Å². The summed E-state index contributed by atoms with van der Waals surface area (Å²) in [6.45, 7) is 16.0. The maximum atomic E-state index is 12.7. The number of aliphatic imine (C=N–C) groups is 1. The number of allylic oxidation sites excluding steroid dienone is 6. The maximum Gasteiger partial charge on any atom is 0.251 e. The predicted octanol–water partition coefficient (Wildman–Crippen LogP) is 5.26. The molecule has 0 saturated heterocycles. The van der Waals surface area contributed by atoms with Crippen LogP contribution in [0.4, 0.5) is 0 Å². The molecule has 0 fully saturated rings. The van der Waals surface area contributed by atoms with E-state index in [2.05, 4.69) is 23.5 Å². The van der Waals surface area contributed by atoms with Crippen molar-refractivity contribution in [2.75, 3.05) is 7.05 Å². The first-order valence-corrected chi connectivity index (χ1v) is 8.98. The second-order valence-corrected chi connectivity index (χ2v) is 6.42. The summed E-state index contributed by atoms with van der Waals surface area (Å²) in [6.07, 6.45) is 7.48. The van der Waals surface area contributed by atoms with E-state index in [-0.39, 0.29) is 5.91 Å². The average molecular weight is 363 g/mol. The molecule has 0 saturated carbocycles. The van der Waals surface area contributed by atoms with Crippen LogP contribution >= 0.6 is 0 Å². The zero-order valence-electron chi connectivity index (χ0n) is 17.1. The van der Waals surface area contributed by atoms with E-state index in [1.54, 1.807) is 19.2 Å². The number of carbonyl (C=O) groups is 1. The van der Waals surface area contributed by atoms with E-state index in [9.17, 15) is 4.79 Å². The standard InChI is InChI=1S/C24H30N2O/c1-8-10-21(19(6)9-2)23(25-7)15-22(17(3)4)24(27)26-16-20-13-11-18(5)12-14-20/h8-15H,2-3,16H2,1,4-7H3,(H,26,27)/b10-8-,21-19+,22-15+,25-23?. The van der Waals surface area contributed by atoms with Crippen molar-refractivity contribution in [2.45, 2.75) is 34.2 Å². The topological polar surface area (TPSA) is 41.5 Å². The van der Waals surface area contributed by atoms with Gasteiger partial charge in [-0.25, -0.2) is 0 Å². The Morgan fingerprint density at radius 3 is 2.33 bits per heavy atom. The highest BCUT2D eigenvalue weighted by Gasteiger charge is 2.13. The van der Waals surface area contributed by atoms with Crippen molar-refractivity contribution in [3.63, 3.8) is 0 Å². The molecule has 1 N–H and O–H groups in total. The monoisotopic (exact) mass is 362 g/mol. The summed E-state index contributed by atoms with van der Waals surface area (Å²) >= 11 is 0. The van der Waals surface area contributed by atoms with E-state index in [1.165, 1.54) is 5.56 Å². The molecule has 1 aromatic rings. The van der Waals surface area contributed by atoms with E-state index in [4.69, 9.17) is 0 Å². The molecule has 1 rings (SSSR count). The lowest BCUT2D eigenvalue weighted by Gasteiger charge is -2.12. The van der Waals surface area contributed by atoms with Crippen LogP contribution in [0.3, 0.4) is 0 Å². The summed E-state index contributed by atoms with van der Waals surface area (Å²) in [5.74, 6) is -0.166. The van der Waals surface area contributed by atoms with Gasteiger partial charge < -0.3 is 5.32 Å². The number of nitrogens with zero attached hydrogens (tertiary/aromatic N) is 1. The lowest BCUT2D eigenvalue weighted by molar-refractivity contribution is -0.117. The summed E-state index contributed by atoms with van der Waals surface area (Å²) in [5.41, 5.74) is 6.09. The molecule has 0 heterocycles. The summed E-state index contributed by atoms with van der Waals surface area (Å²) in [4.78, 5) is 17.1. The second kappa shape index (κ2) is 10.9. The highest BCUT2D eigenvalue weighted by Crippen LogP contribution is 2.15. The molecule has 0 unspecified atom stereocenters. The van der Waals surface area contributed by atoms with Crippen LogP contribution in [0.15, 0.2) is 89.0 Å². The molecule has 0 aliphatic heterocycles. The second-order valence-electron chi connectivity index (χ2n) is 6.42. The zero-order chi connectivity index (χ0) is 20.4. The number of carbonyl (C=O) groups excluding carboxylic acids is 1. The van der Waals surface area contributed by atoms with Gasteiger partial charge in [-0.3, -0.25) is 9.79 Å². The Morgan fingerprint density at radius 1 is 1.22 bits per heavy atom. The third kappa shape index (κ3) is 6.70. The number of amides is 1. The van der Waals surface area contributed by atoms with Crippen molar-refractivity contribution in [1.29, 1.82) is 0 Å².